The van der Waals surface area contributed by atoms with Gasteiger partial charge in [0.2, 0.25) is 6.10 Å². The third-order valence-corrected chi connectivity index (χ3v) is 10.0. The second kappa shape index (κ2) is 17.5. The van der Waals surface area contributed by atoms with Crippen LogP contribution in [0, 0.1) is 38.5 Å². The first-order chi connectivity index (χ1) is 22.2. The van der Waals surface area contributed by atoms with E-state index in [1.165, 1.54) is 44.9 Å². The minimum atomic E-state index is -1.50. The summed E-state index contributed by atoms with van der Waals surface area (Å²) in [5.41, 5.74) is 3.37. The lowest BCUT2D eigenvalue weighted by atomic mass is 9.83. The summed E-state index contributed by atoms with van der Waals surface area (Å²) in [7, 11) is 0. The van der Waals surface area contributed by atoms with Gasteiger partial charge in [0.15, 0.2) is 6.10 Å². The molecule has 2 N–H and O–H groups in total. The predicted octanol–water partition coefficient (Wildman–Crippen LogP) is 6.79. The molecule has 0 bridgehead atoms. The second-order valence-corrected chi connectivity index (χ2v) is 14.7. The molecule has 0 aromatic heterocycles. The van der Waals surface area contributed by atoms with Crippen molar-refractivity contribution in [3.8, 4) is 11.5 Å². The van der Waals surface area contributed by atoms with E-state index < -0.39 is 42.6 Å². The van der Waals surface area contributed by atoms with E-state index in [4.69, 9.17) is 24.1 Å². The van der Waals surface area contributed by atoms with Crippen molar-refractivity contribution in [2.24, 2.45) is 17.8 Å². The van der Waals surface area contributed by atoms with Crippen molar-refractivity contribution in [3.63, 3.8) is 0 Å². The quantitative estimate of drug-likeness (QED) is 0.0576. The molecule has 47 heavy (non-hydrogen) atoms. The second-order valence-electron chi connectivity index (χ2n) is 14.7. The number of carbonyl (C=O) groups is 3. The number of benzene rings is 1. The molecular formula is C38H58O9. The molecule has 1 fully saturated rings. The fourth-order valence-electron chi connectivity index (χ4n) is 6.76. The SMILES string of the molecule is Cc1c(C)c2c(c(C)c1OC(=O)/C=C/OC1C(=O)C(=O)OC1C(O)CO)CCC(C)(CCCC(C)CCCC(C)CCCC(C)C)O2. The van der Waals surface area contributed by atoms with Crippen molar-refractivity contribution in [2.45, 2.75) is 150 Å². The Morgan fingerprint density at radius 1 is 0.957 bits per heavy atom. The number of ether oxygens (including phenoxy) is 4. The van der Waals surface area contributed by atoms with Crippen LogP contribution in [0.3, 0.4) is 0 Å². The first-order valence-electron chi connectivity index (χ1n) is 17.6. The minimum absolute atomic E-state index is 0.246. The number of cyclic esters (lactones) is 1. The summed E-state index contributed by atoms with van der Waals surface area (Å²) in [5, 5.41) is 19.0. The molecule has 2 aliphatic rings. The van der Waals surface area contributed by atoms with Gasteiger partial charge in [-0.3, -0.25) is 4.79 Å². The summed E-state index contributed by atoms with van der Waals surface area (Å²) >= 11 is 0. The Bertz CT molecular complexity index is 1270. The lowest BCUT2D eigenvalue weighted by Crippen LogP contribution is -2.40. The number of ketones is 1. The van der Waals surface area contributed by atoms with Gasteiger partial charge in [-0.05, 0) is 87.8 Å². The number of rotatable bonds is 18. The number of Topliss-reactive ketones (excluding diaryl/α,β-unsaturated/α-hetero) is 1. The van der Waals surface area contributed by atoms with Gasteiger partial charge in [0.25, 0.3) is 5.78 Å². The molecule has 0 spiro atoms. The standard InChI is InChI=1S/C38H58O9/c1-23(2)12-9-13-24(3)14-10-15-25(4)16-11-19-38(8)20-17-29-28(7)33(26(5)27(6)34(29)47-38)45-31(41)18-21-44-36-32(42)37(43)46-35(36)30(40)22-39/h18,21,23-25,30,35-36,39-40H,9-17,19-20,22H2,1-8H3/b21-18+. The molecule has 2 aliphatic heterocycles. The molecule has 1 aromatic carbocycles. The smallest absolute Gasteiger partial charge is 0.379 e. The van der Waals surface area contributed by atoms with Gasteiger partial charge in [0.1, 0.15) is 23.2 Å². The maximum absolute atomic E-state index is 12.7. The largest absolute Gasteiger partial charge is 0.487 e. The fraction of sp³-hybridized carbons (Fsp3) is 0.711. The summed E-state index contributed by atoms with van der Waals surface area (Å²) in [6.07, 6.45) is 10.6. The number of esters is 2. The highest BCUT2D eigenvalue weighted by Crippen LogP contribution is 2.45. The Hall–Kier alpha value is -2.91. The maximum atomic E-state index is 12.7. The van der Waals surface area contributed by atoms with Crippen LogP contribution in [0.25, 0.3) is 0 Å². The van der Waals surface area contributed by atoms with E-state index in [1.54, 1.807) is 0 Å². The Morgan fingerprint density at radius 3 is 2.19 bits per heavy atom. The van der Waals surface area contributed by atoms with Gasteiger partial charge >= 0.3 is 11.9 Å². The molecule has 3 rings (SSSR count). The topological polar surface area (TPSA) is 129 Å². The Balaban J connectivity index is 1.53. The molecule has 0 radical (unpaired) electrons. The molecule has 0 saturated carbocycles. The van der Waals surface area contributed by atoms with Crippen LogP contribution in [0.1, 0.15) is 121 Å². The van der Waals surface area contributed by atoms with Crippen LogP contribution in [-0.2, 0) is 30.3 Å². The number of fused-ring (bicyclic) bond motifs is 1. The summed E-state index contributed by atoms with van der Waals surface area (Å²) in [6, 6.07) is 0. The Labute approximate surface area is 281 Å². The monoisotopic (exact) mass is 658 g/mol. The van der Waals surface area contributed by atoms with E-state index in [0.29, 0.717) is 11.7 Å². The summed E-state index contributed by atoms with van der Waals surface area (Å²) < 4.78 is 22.5. The zero-order valence-electron chi connectivity index (χ0n) is 29.9. The highest BCUT2D eigenvalue weighted by molar-refractivity contribution is 6.37. The van der Waals surface area contributed by atoms with Crippen molar-refractivity contribution in [1.29, 1.82) is 0 Å². The number of hydrogen-bond donors (Lipinski definition) is 2. The Morgan fingerprint density at radius 2 is 1.57 bits per heavy atom. The number of aliphatic hydroxyl groups is 2. The van der Waals surface area contributed by atoms with Gasteiger partial charge < -0.3 is 29.2 Å². The van der Waals surface area contributed by atoms with E-state index in [1.807, 2.05) is 20.8 Å². The maximum Gasteiger partial charge on any atom is 0.379 e. The van der Waals surface area contributed by atoms with Crippen molar-refractivity contribution < 1.29 is 43.5 Å². The van der Waals surface area contributed by atoms with Crippen LogP contribution >= 0.6 is 0 Å². The molecule has 6 atom stereocenters. The first kappa shape index (κ1) is 38.5. The summed E-state index contributed by atoms with van der Waals surface area (Å²) in [5.74, 6) is 0.753. The predicted molar refractivity (Wildman–Crippen MR) is 180 cm³/mol. The average Bonchev–Trinajstić information content (AvgIpc) is 3.30. The molecule has 2 heterocycles. The van der Waals surface area contributed by atoms with Crippen molar-refractivity contribution in [1.82, 2.24) is 0 Å². The van der Waals surface area contributed by atoms with E-state index in [-0.39, 0.29) is 5.60 Å². The molecule has 264 valence electrons. The zero-order valence-corrected chi connectivity index (χ0v) is 29.9. The van der Waals surface area contributed by atoms with Crippen LogP contribution in [-0.4, -0.2) is 58.5 Å². The van der Waals surface area contributed by atoms with Gasteiger partial charge in [-0.1, -0.05) is 72.6 Å². The number of aliphatic hydroxyl groups excluding tert-OH is 2. The third kappa shape index (κ3) is 10.5. The van der Waals surface area contributed by atoms with E-state index in [9.17, 15) is 19.5 Å². The van der Waals surface area contributed by atoms with E-state index >= 15 is 0 Å². The molecular weight excluding hydrogens is 600 g/mol. The van der Waals surface area contributed by atoms with Crippen LogP contribution < -0.4 is 9.47 Å². The van der Waals surface area contributed by atoms with Crippen molar-refractivity contribution >= 4 is 17.7 Å². The van der Waals surface area contributed by atoms with E-state index in [2.05, 4.69) is 34.6 Å². The third-order valence-electron chi connectivity index (χ3n) is 10.0. The molecule has 0 amide bonds. The average molecular weight is 659 g/mol. The summed E-state index contributed by atoms with van der Waals surface area (Å²) in [6.45, 7) is 16.7. The van der Waals surface area contributed by atoms with Crippen LogP contribution in [0.4, 0.5) is 0 Å². The molecule has 0 aliphatic carbocycles. The van der Waals surface area contributed by atoms with E-state index in [0.717, 1.165) is 77.9 Å². The number of carbonyl (C=O) groups excluding carboxylic acids is 3. The van der Waals surface area contributed by atoms with Gasteiger partial charge in [-0.25, -0.2) is 9.59 Å². The molecule has 9 heteroatoms. The normalized spacial score (nSPS) is 23.0. The molecule has 6 unspecified atom stereocenters. The molecule has 9 nitrogen and oxygen atoms in total. The van der Waals surface area contributed by atoms with Gasteiger partial charge in [-0.15, -0.1) is 0 Å². The van der Waals surface area contributed by atoms with Crippen LogP contribution in [0.15, 0.2) is 12.3 Å². The van der Waals surface area contributed by atoms with Gasteiger partial charge in [0.05, 0.1) is 18.9 Å². The van der Waals surface area contributed by atoms with Crippen LogP contribution in [0.2, 0.25) is 0 Å². The van der Waals surface area contributed by atoms with Crippen molar-refractivity contribution in [2.75, 3.05) is 6.61 Å². The van der Waals surface area contributed by atoms with Gasteiger partial charge in [-0.2, -0.15) is 0 Å². The molecule has 1 saturated heterocycles. The molecule has 1 aromatic rings. The summed E-state index contributed by atoms with van der Waals surface area (Å²) in [4.78, 5) is 36.4. The number of hydrogen-bond acceptors (Lipinski definition) is 9. The van der Waals surface area contributed by atoms with Crippen LogP contribution in [0.5, 0.6) is 11.5 Å². The zero-order chi connectivity index (χ0) is 34.9. The lowest BCUT2D eigenvalue weighted by molar-refractivity contribution is -0.152. The Kier molecular flexibility index (Phi) is 14.3. The fourth-order valence-corrected chi connectivity index (χ4v) is 6.76. The highest BCUT2D eigenvalue weighted by Gasteiger charge is 2.48. The van der Waals surface area contributed by atoms with Gasteiger partial charge in [0, 0.05) is 5.56 Å². The lowest BCUT2D eigenvalue weighted by Gasteiger charge is -2.38. The van der Waals surface area contributed by atoms with Crippen molar-refractivity contribution in [3.05, 3.63) is 34.6 Å². The highest BCUT2D eigenvalue weighted by atomic mass is 16.6. The first-order valence-corrected chi connectivity index (χ1v) is 17.6. The minimum Gasteiger partial charge on any atom is -0.487 e.